The number of allylic oxidation sites excluding steroid dienone is 1. The van der Waals surface area contributed by atoms with Crippen LogP contribution >= 0.6 is 0 Å². The zero-order chi connectivity index (χ0) is 26.1. The lowest BCUT2D eigenvalue weighted by atomic mass is 9.86. The van der Waals surface area contributed by atoms with Crippen molar-refractivity contribution in [2.45, 2.75) is 32.4 Å². The van der Waals surface area contributed by atoms with E-state index in [0.717, 1.165) is 60.3 Å². The van der Waals surface area contributed by atoms with Crippen LogP contribution in [0.4, 0.5) is 0 Å². The van der Waals surface area contributed by atoms with Crippen LogP contribution in [0.25, 0.3) is 27.6 Å². The van der Waals surface area contributed by atoms with E-state index in [4.69, 9.17) is 21.3 Å². The van der Waals surface area contributed by atoms with E-state index in [1.807, 2.05) is 20.2 Å². The number of benzene rings is 2. The average molecular weight is 499 g/mol. The summed E-state index contributed by atoms with van der Waals surface area (Å²) >= 11 is 0. The number of rotatable bonds is 7. The molecule has 1 atom stereocenters. The Morgan fingerprint density at radius 2 is 1.78 bits per heavy atom. The van der Waals surface area contributed by atoms with E-state index < -0.39 is 0 Å². The molecule has 7 heteroatoms. The maximum absolute atomic E-state index is 6.27. The third-order valence-corrected chi connectivity index (χ3v) is 7.33. The number of fused-ring (bicyclic) bond motifs is 3. The Morgan fingerprint density at radius 3 is 2.43 bits per heavy atom. The fourth-order valence-electron chi connectivity index (χ4n) is 5.87. The first-order valence-corrected chi connectivity index (χ1v) is 13.0. The average Bonchev–Trinajstić information content (AvgIpc) is 3.18. The summed E-state index contributed by atoms with van der Waals surface area (Å²) in [6.07, 6.45) is 3.93. The van der Waals surface area contributed by atoms with Crippen LogP contribution in [0, 0.1) is 5.92 Å². The lowest BCUT2D eigenvalue weighted by molar-refractivity contribution is 0.0553. The maximum Gasteiger partial charge on any atom is 0.0960 e. The van der Waals surface area contributed by atoms with Gasteiger partial charge in [0.1, 0.15) is 0 Å². The molecule has 2 aromatic carbocycles. The molecular weight excluding hydrogens is 460 g/mol. The summed E-state index contributed by atoms with van der Waals surface area (Å²) in [5.74, 6) is 6.65. The number of hydrazine groups is 1. The highest BCUT2D eigenvalue weighted by molar-refractivity contribution is 6.06. The lowest BCUT2D eigenvalue weighted by Gasteiger charge is -2.33. The molecule has 0 unspecified atom stereocenters. The minimum atomic E-state index is 0.152. The zero-order valence-corrected chi connectivity index (χ0v) is 22.3. The van der Waals surface area contributed by atoms with Gasteiger partial charge in [-0.25, -0.2) is 5.84 Å². The van der Waals surface area contributed by atoms with E-state index >= 15 is 0 Å². The quantitative estimate of drug-likeness (QED) is 0.283. The van der Waals surface area contributed by atoms with Gasteiger partial charge in [0.2, 0.25) is 0 Å². The van der Waals surface area contributed by atoms with Crippen LogP contribution in [0.2, 0.25) is 0 Å². The number of hydrogen-bond acceptors (Lipinski definition) is 6. The van der Waals surface area contributed by atoms with Crippen molar-refractivity contribution in [1.29, 1.82) is 0 Å². The molecule has 7 nitrogen and oxygen atoms in total. The van der Waals surface area contributed by atoms with Crippen molar-refractivity contribution in [3.63, 3.8) is 0 Å². The first-order chi connectivity index (χ1) is 17.8. The summed E-state index contributed by atoms with van der Waals surface area (Å²) in [5.41, 5.74) is 14.5. The number of ether oxygens (including phenoxy) is 1. The Hall–Kier alpha value is -3.39. The van der Waals surface area contributed by atoms with Crippen molar-refractivity contribution >= 4 is 27.6 Å². The third kappa shape index (κ3) is 4.94. The van der Waals surface area contributed by atoms with Crippen molar-refractivity contribution in [1.82, 2.24) is 19.5 Å². The number of nitrogens with zero attached hydrogens (tertiary/aromatic N) is 4. The van der Waals surface area contributed by atoms with Crippen molar-refractivity contribution in [3.8, 4) is 0 Å². The van der Waals surface area contributed by atoms with Crippen molar-refractivity contribution in [2.24, 2.45) is 17.5 Å². The van der Waals surface area contributed by atoms with E-state index in [0.29, 0.717) is 11.6 Å². The van der Waals surface area contributed by atoms with Gasteiger partial charge in [0.25, 0.3) is 0 Å². The van der Waals surface area contributed by atoms with Crippen LogP contribution < -0.4 is 11.6 Å². The topological polar surface area (TPSA) is 85.6 Å². The Labute approximate surface area is 219 Å². The van der Waals surface area contributed by atoms with Crippen LogP contribution in [0.5, 0.6) is 0 Å². The molecule has 5 rings (SSSR count). The van der Waals surface area contributed by atoms with E-state index in [1.54, 1.807) is 5.01 Å². The van der Waals surface area contributed by atoms with Crippen LogP contribution in [0.1, 0.15) is 42.5 Å². The summed E-state index contributed by atoms with van der Waals surface area (Å²) in [7, 11) is 6.02. The van der Waals surface area contributed by atoms with Crippen LogP contribution in [-0.2, 0) is 11.3 Å². The summed E-state index contributed by atoms with van der Waals surface area (Å²) < 4.78 is 8.30. The molecule has 0 saturated carbocycles. The highest BCUT2D eigenvalue weighted by Crippen LogP contribution is 2.41. The molecule has 3 heterocycles. The van der Waals surface area contributed by atoms with Gasteiger partial charge in [-0.1, -0.05) is 42.5 Å². The molecule has 0 aliphatic carbocycles. The summed E-state index contributed by atoms with van der Waals surface area (Å²) in [4.78, 5) is 7.20. The second-order valence-electron chi connectivity index (χ2n) is 10.5. The lowest BCUT2D eigenvalue weighted by Crippen LogP contribution is -2.27. The molecule has 0 bridgehead atoms. The summed E-state index contributed by atoms with van der Waals surface area (Å²) in [5, 5.41) is 2.74. The largest absolute Gasteiger partial charge is 0.401 e. The van der Waals surface area contributed by atoms with Gasteiger partial charge in [-0.3, -0.25) is 4.98 Å². The summed E-state index contributed by atoms with van der Waals surface area (Å²) in [6, 6.07) is 20.0. The molecule has 0 spiro atoms. The van der Waals surface area contributed by atoms with Crippen molar-refractivity contribution in [2.75, 3.05) is 34.4 Å². The molecule has 1 saturated heterocycles. The standard InChI is InChI=1S/C30H38N6O/c1-20(31)29(35(4)32)24-17-27-28(33-18-24)25-11-10-21(19-34(2)3)16-26(25)36(27)30(22-8-6-5-7-9-22)23-12-14-37-15-13-23/h5-11,16-18,23,30H,12-15,19,31-32H2,1-4H3/b29-20-/t30-/m1/s1. The Kier molecular flexibility index (Phi) is 7.20. The van der Waals surface area contributed by atoms with E-state index in [9.17, 15) is 0 Å². The SMILES string of the molecule is C/C(N)=C(\c1cnc2c3ccc(CN(C)C)cc3n([C@H](c3ccccc3)C3CCOCC3)c2c1)N(C)N. The zero-order valence-electron chi connectivity index (χ0n) is 22.3. The van der Waals surface area contributed by atoms with Crippen LogP contribution in [0.15, 0.2) is 66.5 Å². The molecule has 2 aromatic heterocycles. The number of nitrogens with two attached hydrogens (primary N) is 2. The Morgan fingerprint density at radius 1 is 1.05 bits per heavy atom. The van der Waals surface area contributed by atoms with Gasteiger partial charge in [-0.05, 0) is 63.0 Å². The highest BCUT2D eigenvalue weighted by Gasteiger charge is 2.30. The molecule has 1 fully saturated rings. The molecule has 1 aliphatic rings. The second kappa shape index (κ2) is 10.5. The fourth-order valence-corrected chi connectivity index (χ4v) is 5.87. The van der Waals surface area contributed by atoms with Crippen LogP contribution in [0.3, 0.4) is 0 Å². The first kappa shape index (κ1) is 25.3. The molecule has 4 N–H and O–H groups in total. The predicted molar refractivity (Wildman–Crippen MR) is 151 cm³/mol. The maximum atomic E-state index is 6.27. The van der Waals surface area contributed by atoms with Gasteiger partial charge < -0.3 is 24.9 Å². The smallest absolute Gasteiger partial charge is 0.0960 e. The van der Waals surface area contributed by atoms with Crippen molar-refractivity contribution in [3.05, 3.63) is 83.2 Å². The van der Waals surface area contributed by atoms with E-state index in [-0.39, 0.29) is 6.04 Å². The molecule has 4 aromatic rings. The molecule has 1 aliphatic heterocycles. The molecular formula is C30H38N6O. The molecule has 194 valence electrons. The Balaban J connectivity index is 1.84. The minimum absolute atomic E-state index is 0.152. The van der Waals surface area contributed by atoms with Crippen molar-refractivity contribution < 1.29 is 4.74 Å². The number of pyridine rings is 1. The predicted octanol–water partition coefficient (Wildman–Crippen LogP) is 4.72. The van der Waals surface area contributed by atoms with E-state index in [1.165, 1.54) is 16.6 Å². The molecule has 0 radical (unpaired) electrons. The number of hydrogen-bond donors (Lipinski definition) is 2. The van der Waals surface area contributed by atoms with Gasteiger partial charge in [0.15, 0.2) is 0 Å². The normalized spacial score (nSPS) is 16.4. The third-order valence-electron chi connectivity index (χ3n) is 7.33. The molecule has 37 heavy (non-hydrogen) atoms. The van der Waals surface area contributed by atoms with Gasteiger partial charge >= 0.3 is 0 Å². The van der Waals surface area contributed by atoms with Gasteiger partial charge in [0.05, 0.1) is 28.3 Å². The van der Waals surface area contributed by atoms with Crippen LogP contribution in [-0.4, -0.2) is 53.8 Å². The summed E-state index contributed by atoms with van der Waals surface area (Å²) in [6.45, 7) is 4.33. The van der Waals surface area contributed by atoms with Gasteiger partial charge in [-0.2, -0.15) is 0 Å². The molecule has 0 amide bonds. The number of aromatic nitrogens is 2. The monoisotopic (exact) mass is 498 g/mol. The fraction of sp³-hybridized carbons (Fsp3) is 0.367. The minimum Gasteiger partial charge on any atom is -0.401 e. The second-order valence-corrected chi connectivity index (χ2v) is 10.5. The van der Waals surface area contributed by atoms with E-state index in [2.05, 4.69) is 78.2 Å². The highest BCUT2D eigenvalue weighted by atomic mass is 16.5. The Bertz CT molecular complexity index is 1410. The first-order valence-electron chi connectivity index (χ1n) is 13.0. The van der Waals surface area contributed by atoms with Gasteiger partial charge in [0, 0.05) is 49.6 Å². The van der Waals surface area contributed by atoms with Gasteiger partial charge in [-0.15, -0.1) is 0 Å².